The number of rotatable bonds is 5. The molecular formula is C15H15ClO3. The summed E-state index contributed by atoms with van der Waals surface area (Å²) >= 11 is 6.10. The Morgan fingerprint density at radius 3 is 2.63 bits per heavy atom. The van der Waals surface area contributed by atoms with Crippen molar-refractivity contribution in [2.75, 3.05) is 7.11 Å². The first-order chi connectivity index (χ1) is 9.22. The zero-order valence-corrected chi connectivity index (χ0v) is 11.4. The molecule has 0 aliphatic rings. The SMILES string of the molecule is COCc1cccc(Oc2ccc(CO)cc2Cl)c1. The molecule has 0 aromatic heterocycles. The summed E-state index contributed by atoms with van der Waals surface area (Å²) in [6.45, 7) is 0.498. The van der Waals surface area contributed by atoms with Crippen molar-refractivity contribution in [1.29, 1.82) is 0 Å². The van der Waals surface area contributed by atoms with Gasteiger partial charge >= 0.3 is 0 Å². The second-order valence-corrected chi connectivity index (χ2v) is 4.51. The molecule has 0 spiro atoms. The largest absolute Gasteiger partial charge is 0.456 e. The van der Waals surface area contributed by atoms with E-state index in [0.717, 1.165) is 11.1 Å². The molecule has 0 bridgehead atoms. The third-order valence-electron chi connectivity index (χ3n) is 2.62. The van der Waals surface area contributed by atoms with Crippen molar-refractivity contribution in [3.8, 4) is 11.5 Å². The number of hydrogen-bond donors (Lipinski definition) is 1. The molecule has 0 saturated heterocycles. The van der Waals surface area contributed by atoms with Crippen LogP contribution in [0.5, 0.6) is 11.5 Å². The van der Waals surface area contributed by atoms with Gasteiger partial charge in [-0.25, -0.2) is 0 Å². The van der Waals surface area contributed by atoms with Gasteiger partial charge in [-0.2, -0.15) is 0 Å². The lowest BCUT2D eigenvalue weighted by molar-refractivity contribution is 0.184. The fraction of sp³-hybridized carbons (Fsp3) is 0.200. The van der Waals surface area contributed by atoms with Crippen LogP contribution in [0.15, 0.2) is 42.5 Å². The molecular weight excluding hydrogens is 264 g/mol. The highest BCUT2D eigenvalue weighted by Gasteiger charge is 2.05. The lowest BCUT2D eigenvalue weighted by Crippen LogP contribution is -1.91. The predicted molar refractivity (Wildman–Crippen MR) is 74.6 cm³/mol. The van der Waals surface area contributed by atoms with Crippen molar-refractivity contribution in [3.63, 3.8) is 0 Å². The zero-order valence-electron chi connectivity index (χ0n) is 10.6. The summed E-state index contributed by atoms with van der Waals surface area (Å²) < 4.78 is 10.8. The summed E-state index contributed by atoms with van der Waals surface area (Å²) in [4.78, 5) is 0. The number of halogens is 1. The van der Waals surface area contributed by atoms with E-state index in [2.05, 4.69) is 0 Å². The van der Waals surface area contributed by atoms with Crippen LogP contribution in [0.3, 0.4) is 0 Å². The van der Waals surface area contributed by atoms with Gasteiger partial charge in [0.15, 0.2) is 0 Å². The molecule has 100 valence electrons. The first-order valence-corrected chi connectivity index (χ1v) is 6.25. The summed E-state index contributed by atoms with van der Waals surface area (Å²) in [6.07, 6.45) is 0. The number of ether oxygens (including phenoxy) is 2. The average molecular weight is 279 g/mol. The summed E-state index contributed by atoms with van der Waals surface area (Å²) in [7, 11) is 1.65. The molecule has 2 aromatic carbocycles. The van der Waals surface area contributed by atoms with E-state index in [4.69, 9.17) is 26.2 Å². The van der Waals surface area contributed by atoms with Crippen LogP contribution in [-0.2, 0) is 18.0 Å². The van der Waals surface area contributed by atoms with Crippen molar-refractivity contribution in [2.24, 2.45) is 0 Å². The van der Waals surface area contributed by atoms with Crippen LogP contribution in [0.1, 0.15) is 11.1 Å². The van der Waals surface area contributed by atoms with E-state index in [1.165, 1.54) is 0 Å². The normalized spacial score (nSPS) is 10.5. The molecule has 2 aromatic rings. The fourth-order valence-corrected chi connectivity index (χ4v) is 1.96. The topological polar surface area (TPSA) is 38.7 Å². The lowest BCUT2D eigenvalue weighted by atomic mass is 10.2. The van der Waals surface area contributed by atoms with E-state index in [9.17, 15) is 0 Å². The van der Waals surface area contributed by atoms with Gasteiger partial charge in [0.2, 0.25) is 0 Å². The van der Waals surface area contributed by atoms with E-state index in [1.54, 1.807) is 25.3 Å². The molecule has 0 amide bonds. The molecule has 1 N–H and O–H groups in total. The van der Waals surface area contributed by atoms with Gasteiger partial charge in [0.1, 0.15) is 11.5 Å². The number of benzene rings is 2. The molecule has 0 heterocycles. The molecule has 0 fully saturated rings. The Morgan fingerprint density at radius 1 is 1.11 bits per heavy atom. The van der Waals surface area contributed by atoms with E-state index in [1.807, 2.05) is 24.3 Å². The Kier molecular flexibility index (Phi) is 4.80. The Bertz CT molecular complexity index is 555. The Hall–Kier alpha value is -1.55. The quantitative estimate of drug-likeness (QED) is 0.905. The van der Waals surface area contributed by atoms with Gasteiger partial charge in [-0.15, -0.1) is 0 Å². The van der Waals surface area contributed by atoms with Crippen molar-refractivity contribution >= 4 is 11.6 Å². The van der Waals surface area contributed by atoms with Gasteiger partial charge in [0.05, 0.1) is 18.2 Å². The predicted octanol–water partition coefficient (Wildman–Crippen LogP) is 3.77. The smallest absolute Gasteiger partial charge is 0.146 e. The molecule has 0 atom stereocenters. The second-order valence-electron chi connectivity index (χ2n) is 4.11. The summed E-state index contributed by atoms with van der Waals surface area (Å²) in [5.74, 6) is 1.27. The molecule has 19 heavy (non-hydrogen) atoms. The van der Waals surface area contributed by atoms with Crippen LogP contribution in [0.4, 0.5) is 0 Å². The minimum Gasteiger partial charge on any atom is -0.456 e. The second kappa shape index (κ2) is 6.57. The maximum Gasteiger partial charge on any atom is 0.146 e. The molecule has 0 saturated carbocycles. The third kappa shape index (κ3) is 3.70. The lowest BCUT2D eigenvalue weighted by Gasteiger charge is -2.09. The Balaban J connectivity index is 2.18. The number of aliphatic hydroxyl groups is 1. The van der Waals surface area contributed by atoms with Gasteiger partial charge < -0.3 is 14.6 Å². The summed E-state index contributed by atoms with van der Waals surface area (Å²) in [6, 6.07) is 12.8. The van der Waals surface area contributed by atoms with E-state index < -0.39 is 0 Å². The summed E-state index contributed by atoms with van der Waals surface area (Å²) in [5, 5.41) is 9.50. The molecule has 0 aliphatic carbocycles. The highest BCUT2D eigenvalue weighted by molar-refractivity contribution is 6.32. The van der Waals surface area contributed by atoms with Gasteiger partial charge in [0.25, 0.3) is 0 Å². The van der Waals surface area contributed by atoms with Crippen LogP contribution in [0, 0.1) is 0 Å². The molecule has 3 nitrogen and oxygen atoms in total. The maximum absolute atomic E-state index is 9.02. The van der Waals surface area contributed by atoms with Crippen LogP contribution in [-0.4, -0.2) is 12.2 Å². The van der Waals surface area contributed by atoms with Crippen molar-refractivity contribution in [3.05, 3.63) is 58.6 Å². The van der Waals surface area contributed by atoms with Crippen LogP contribution < -0.4 is 4.74 Å². The minimum atomic E-state index is -0.0384. The van der Waals surface area contributed by atoms with E-state index >= 15 is 0 Å². The van der Waals surface area contributed by atoms with Crippen LogP contribution in [0.25, 0.3) is 0 Å². The first-order valence-electron chi connectivity index (χ1n) is 5.88. The number of aliphatic hydroxyl groups excluding tert-OH is 1. The third-order valence-corrected chi connectivity index (χ3v) is 2.91. The van der Waals surface area contributed by atoms with Crippen molar-refractivity contribution < 1.29 is 14.6 Å². The van der Waals surface area contributed by atoms with Gasteiger partial charge in [0, 0.05) is 7.11 Å². The average Bonchev–Trinajstić information content (AvgIpc) is 2.42. The molecule has 0 aliphatic heterocycles. The molecule has 0 unspecified atom stereocenters. The molecule has 2 rings (SSSR count). The summed E-state index contributed by atoms with van der Waals surface area (Å²) in [5.41, 5.74) is 1.79. The van der Waals surface area contributed by atoms with E-state index in [0.29, 0.717) is 23.1 Å². The monoisotopic (exact) mass is 278 g/mol. The minimum absolute atomic E-state index is 0.0384. The Labute approximate surface area is 117 Å². The van der Waals surface area contributed by atoms with Gasteiger partial charge in [-0.05, 0) is 35.4 Å². The Morgan fingerprint density at radius 2 is 1.95 bits per heavy atom. The van der Waals surface area contributed by atoms with Crippen LogP contribution >= 0.6 is 11.6 Å². The highest BCUT2D eigenvalue weighted by Crippen LogP contribution is 2.30. The van der Waals surface area contributed by atoms with Gasteiger partial charge in [-0.3, -0.25) is 0 Å². The molecule has 4 heteroatoms. The van der Waals surface area contributed by atoms with Gasteiger partial charge in [-0.1, -0.05) is 29.8 Å². The first kappa shape index (κ1) is 13.9. The zero-order chi connectivity index (χ0) is 13.7. The fourth-order valence-electron chi connectivity index (χ4n) is 1.72. The number of methoxy groups -OCH3 is 1. The number of hydrogen-bond acceptors (Lipinski definition) is 3. The highest BCUT2D eigenvalue weighted by atomic mass is 35.5. The van der Waals surface area contributed by atoms with Crippen LogP contribution in [0.2, 0.25) is 5.02 Å². The molecule has 0 radical (unpaired) electrons. The van der Waals surface area contributed by atoms with Crippen molar-refractivity contribution in [2.45, 2.75) is 13.2 Å². The van der Waals surface area contributed by atoms with E-state index in [-0.39, 0.29) is 6.61 Å². The van der Waals surface area contributed by atoms with Crippen molar-refractivity contribution in [1.82, 2.24) is 0 Å². The maximum atomic E-state index is 9.02. The standard InChI is InChI=1S/C15H15ClO3/c1-18-10-12-3-2-4-13(7-12)19-15-6-5-11(9-17)8-14(15)16/h2-8,17H,9-10H2,1H3.